The van der Waals surface area contributed by atoms with Crippen molar-refractivity contribution in [3.63, 3.8) is 0 Å². The van der Waals surface area contributed by atoms with Gasteiger partial charge in [-0.25, -0.2) is 8.42 Å². The van der Waals surface area contributed by atoms with Gasteiger partial charge < -0.3 is 15.5 Å². The first-order valence-corrected chi connectivity index (χ1v) is 8.06. The van der Waals surface area contributed by atoms with E-state index in [1.807, 2.05) is 19.0 Å². The zero-order valence-corrected chi connectivity index (χ0v) is 12.1. The van der Waals surface area contributed by atoms with Gasteiger partial charge in [-0.05, 0) is 33.5 Å². The Kier molecular flexibility index (Phi) is 5.74. The summed E-state index contributed by atoms with van der Waals surface area (Å²) < 4.78 is 22.4. The fraction of sp³-hybridized carbons (Fsp3) is 0.818. The molecule has 0 aromatic carbocycles. The van der Waals surface area contributed by atoms with Crippen molar-refractivity contribution in [2.45, 2.75) is 18.9 Å². The number of amides is 2. The number of hydrogen-bond donors (Lipinski definition) is 2. The Balaban J connectivity index is 2.24. The van der Waals surface area contributed by atoms with Crippen LogP contribution in [0.3, 0.4) is 0 Å². The molecular formula is C11H21N3O4S. The molecule has 1 aliphatic rings. The van der Waals surface area contributed by atoms with Crippen molar-refractivity contribution in [2.24, 2.45) is 0 Å². The lowest BCUT2D eigenvalue weighted by molar-refractivity contribution is -0.139. The van der Waals surface area contributed by atoms with Crippen molar-refractivity contribution in [3.8, 4) is 0 Å². The molecule has 0 aromatic rings. The third-order valence-electron chi connectivity index (χ3n) is 2.84. The fourth-order valence-electron chi connectivity index (χ4n) is 1.84. The highest BCUT2D eigenvalue weighted by Gasteiger charge is 2.30. The van der Waals surface area contributed by atoms with Crippen molar-refractivity contribution < 1.29 is 18.0 Å². The Labute approximate surface area is 113 Å². The maximum Gasteiger partial charge on any atom is 0.309 e. The summed E-state index contributed by atoms with van der Waals surface area (Å²) in [5.74, 6) is -1.47. The summed E-state index contributed by atoms with van der Waals surface area (Å²) in [6.07, 6.45) is 1.13. The predicted molar refractivity (Wildman–Crippen MR) is 71.4 cm³/mol. The van der Waals surface area contributed by atoms with Gasteiger partial charge in [-0.1, -0.05) is 0 Å². The minimum Gasteiger partial charge on any atom is -0.348 e. The van der Waals surface area contributed by atoms with Crippen LogP contribution in [0.2, 0.25) is 0 Å². The van der Waals surface area contributed by atoms with Gasteiger partial charge in [0.25, 0.3) is 0 Å². The number of rotatable bonds is 5. The molecule has 0 spiro atoms. The quantitative estimate of drug-likeness (QED) is 0.468. The molecule has 0 aliphatic carbocycles. The molecule has 1 unspecified atom stereocenters. The number of nitrogens with one attached hydrogen (secondary N) is 2. The van der Waals surface area contributed by atoms with Crippen molar-refractivity contribution in [3.05, 3.63) is 0 Å². The van der Waals surface area contributed by atoms with Crippen molar-refractivity contribution >= 4 is 21.7 Å². The van der Waals surface area contributed by atoms with E-state index in [1.54, 1.807) is 0 Å². The second kappa shape index (κ2) is 6.85. The van der Waals surface area contributed by atoms with Gasteiger partial charge in [-0.2, -0.15) is 0 Å². The normalized spacial score (nSPS) is 21.3. The third-order valence-corrected chi connectivity index (χ3v) is 4.61. The molecule has 1 aliphatic heterocycles. The lowest BCUT2D eigenvalue weighted by Gasteiger charge is -2.12. The van der Waals surface area contributed by atoms with Crippen LogP contribution in [0.15, 0.2) is 0 Å². The molecule has 2 amide bonds. The van der Waals surface area contributed by atoms with Crippen LogP contribution in [-0.4, -0.2) is 69.9 Å². The maximum absolute atomic E-state index is 11.5. The second-order valence-electron chi connectivity index (χ2n) is 4.99. The summed E-state index contributed by atoms with van der Waals surface area (Å²) in [4.78, 5) is 24.9. The molecule has 1 atom stereocenters. The van der Waals surface area contributed by atoms with Crippen LogP contribution < -0.4 is 10.6 Å². The lowest BCUT2D eigenvalue weighted by atomic mass is 10.2. The van der Waals surface area contributed by atoms with E-state index in [0.29, 0.717) is 13.0 Å². The molecule has 0 aromatic heterocycles. The lowest BCUT2D eigenvalue weighted by Crippen LogP contribution is -2.45. The fourth-order valence-corrected chi connectivity index (χ4v) is 3.51. The van der Waals surface area contributed by atoms with Gasteiger partial charge in [0.2, 0.25) is 0 Å². The maximum atomic E-state index is 11.5. The second-order valence-corrected chi connectivity index (χ2v) is 7.21. The van der Waals surface area contributed by atoms with E-state index >= 15 is 0 Å². The molecule has 8 heteroatoms. The van der Waals surface area contributed by atoms with Gasteiger partial charge in [0, 0.05) is 12.6 Å². The van der Waals surface area contributed by atoms with Crippen molar-refractivity contribution in [1.82, 2.24) is 15.5 Å². The average molecular weight is 291 g/mol. The molecule has 110 valence electrons. The van der Waals surface area contributed by atoms with Crippen molar-refractivity contribution in [2.75, 3.05) is 38.7 Å². The molecule has 7 nitrogen and oxygen atoms in total. The van der Waals surface area contributed by atoms with E-state index in [0.717, 1.165) is 13.0 Å². The first kappa shape index (κ1) is 15.9. The minimum absolute atomic E-state index is 0.0718. The molecular weight excluding hydrogens is 270 g/mol. The highest BCUT2D eigenvalue weighted by molar-refractivity contribution is 7.91. The SMILES string of the molecule is CN(C)CCCNC(=O)C(=O)NC1CCS(=O)(=O)C1. The number of carbonyl (C=O) groups is 2. The Bertz CT molecular complexity index is 433. The van der Waals surface area contributed by atoms with E-state index in [-0.39, 0.29) is 11.5 Å². The van der Waals surface area contributed by atoms with Gasteiger partial charge in [-0.3, -0.25) is 9.59 Å². The van der Waals surface area contributed by atoms with Crippen LogP contribution in [0, 0.1) is 0 Å². The van der Waals surface area contributed by atoms with E-state index in [1.165, 1.54) is 0 Å². The standard InChI is InChI=1S/C11H21N3O4S/c1-14(2)6-3-5-12-10(15)11(16)13-9-4-7-19(17,18)8-9/h9H,3-8H2,1-2H3,(H,12,15)(H,13,16). The molecule has 0 saturated carbocycles. The highest BCUT2D eigenvalue weighted by Crippen LogP contribution is 2.10. The van der Waals surface area contributed by atoms with E-state index in [2.05, 4.69) is 10.6 Å². The van der Waals surface area contributed by atoms with E-state index in [4.69, 9.17) is 0 Å². The molecule has 1 fully saturated rings. The molecule has 1 saturated heterocycles. The average Bonchev–Trinajstić information content (AvgIpc) is 2.63. The number of sulfone groups is 1. The number of carbonyl (C=O) groups excluding carboxylic acids is 2. The summed E-state index contributed by atoms with van der Waals surface area (Å²) in [7, 11) is 0.802. The zero-order chi connectivity index (χ0) is 14.5. The van der Waals surface area contributed by atoms with Crippen LogP contribution in [0.25, 0.3) is 0 Å². The molecule has 0 bridgehead atoms. The summed E-state index contributed by atoms with van der Waals surface area (Å²) in [5.41, 5.74) is 0. The van der Waals surface area contributed by atoms with Crippen LogP contribution in [0.1, 0.15) is 12.8 Å². The minimum atomic E-state index is -3.05. The zero-order valence-electron chi connectivity index (χ0n) is 11.3. The van der Waals surface area contributed by atoms with Crippen molar-refractivity contribution in [1.29, 1.82) is 0 Å². The van der Waals surface area contributed by atoms with E-state index < -0.39 is 27.7 Å². The molecule has 19 heavy (non-hydrogen) atoms. The van der Waals surface area contributed by atoms with Gasteiger partial charge in [0.15, 0.2) is 9.84 Å². The first-order valence-electron chi connectivity index (χ1n) is 6.24. The van der Waals surface area contributed by atoms with Crippen LogP contribution in [0.4, 0.5) is 0 Å². The number of nitrogens with zero attached hydrogens (tertiary/aromatic N) is 1. The Morgan fingerprint density at radius 1 is 1.26 bits per heavy atom. The predicted octanol–water partition coefficient (Wildman–Crippen LogP) is -1.64. The molecule has 2 N–H and O–H groups in total. The third kappa shape index (κ3) is 6.02. The first-order chi connectivity index (χ1) is 8.80. The number of hydrogen-bond acceptors (Lipinski definition) is 5. The highest BCUT2D eigenvalue weighted by atomic mass is 32.2. The topological polar surface area (TPSA) is 95.6 Å². The molecule has 1 rings (SSSR count). The summed E-state index contributed by atoms with van der Waals surface area (Å²) >= 11 is 0. The Hall–Kier alpha value is -1.15. The summed E-state index contributed by atoms with van der Waals surface area (Å²) in [5, 5.41) is 4.95. The Morgan fingerprint density at radius 2 is 1.95 bits per heavy atom. The van der Waals surface area contributed by atoms with Gasteiger partial charge in [0.1, 0.15) is 0 Å². The molecule has 1 heterocycles. The van der Waals surface area contributed by atoms with Crippen LogP contribution in [0.5, 0.6) is 0 Å². The largest absolute Gasteiger partial charge is 0.348 e. The Morgan fingerprint density at radius 3 is 2.47 bits per heavy atom. The van der Waals surface area contributed by atoms with Crippen LogP contribution >= 0.6 is 0 Å². The van der Waals surface area contributed by atoms with Gasteiger partial charge >= 0.3 is 11.8 Å². The summed E-state index contributed by atoms with van der Waals surface area (Å²) in [6.45, 7) is 1.25. The summed E-state index contributed by atoms with van der Waals surface area (Å²) in [6, 6.07) is -0.440. The van der Waals surface area contributed by atoms with Gasteiger partial charge in [-0.15, -0.1) is 0 Å². The molecule has 0 radical (unpaired) electrons. The van der Waals surface area contributed by atoms with Crippen LogP contribution in [-0.2, 0) is 19.4 Å². The van der Waals surface area contributed by atoms with E-state index in [9.17, 15) is 18.0 Å². The monoisotopic (exact) mass is 291 g/mol. The van der Waals surface area contributed by atoms with Gasteiger partial charge in [0.05, 0.1) is 11.5 Å². The smallest absolute Gasteiger partial charge is 0.309 e.